The van der Waals surface area contributed by atoms with E-state index in [9.17, 15) is 4.79 Å². The molecular weight excluding hydrogens is 212 g/mol. The zero-order chi connectivity index (χ0) is 10.8. The van der Waals surface area contributed by atoms with Crippen molar-refractivity contribution in [3.8, 4) is 0 Å². The van der Waals surface area contributed by atoms with Crippen LogP contribution in [0.5, 0.6) is 0 Å². The van der Waals surface area contributed by atoms with E-state index in [-0.39, 0.29) is 6.03 Å². The maximum absolute atomic E-state index is 11.4. The van der Waals surface area contributed by atoms with Gasteiger partial charge in [0, 0.05) is 13.2 Å². The molecule has 15 heavy (non-hydrogen) atoms. The first-order valence-corrected chi connectivity index (χ1v) is 5.04. The molecule has 0 saturated carbocycles. The molecule has 0 spiro atoms. The molecule has 4 heteroatoms. The second-order valence-electron chi connectivity index (χ2n) is 3.32. The smallest absolute Gasteiger partial charge is 0.321 e. The summed E-state index contributed by atoms with van der Waals surface area (Å²) >= 11 is 6.08. The predicted molar refractivity (Wildman–Crippen MR) is 60.3 cm³/mol. The molecule has 3 nitrogen and oxygen atoms in total. The van der Waals surface area contributed by atoms with Crippen LogP contribution in [0.1, 0.15) is 11.1 Å². The molecule has 0 atom stereocenters. The van der Waals surface area contributed by atoms with E-state index in [1.165, 1.54) is 0 Å². The van der Waals surface area contributed by atoms with E-state index in [1.807, 2.05) is 24.3 Å². The molecule has 0 aliphatic carbocycles. The van der Waals surface area contributed by atoms with Crippen LogP contribution >= 0.6 is 11.6 Å². The summed E-state index contributed by atoms with van der Waals surface area (Å²) in [4.78, 5) is 13.0. The maximum atomic E-state index is 11.4. The minimum atomic E-state index is -0.150. The molecule has 78 valence electrons. The fourth-order valence-corrected chi connectivity index (χ4v) is 1.90. The van der Waals surface area contributed by atoms with Gasteiger partial charge in [0.05, 0.1) is 11.6 Å². The van der Waals surface area contributed by atoms with Gasteiger partial charge in [0.25, 0.3) is 0 Å². The summed E-state index contributed by atoms with van der Waals surface area (Å²) in [7, 11) is 1.60. The van der Waals surface area contributed by atoms with Crippen molar-refractivity contribution in [1.29, 1.82) is 0 Å². The number of nitrogens with one attached hydrogen (secondary N) is 1. The van der Waals surface area contributed by atoms with E-state index in [1.54, 1.807) is 18.1 Å². The molecule has 0 saturated heterocycles. The highest BCUT2D eigenvalue weighted by atomic mass is 35.5. The summed E-state index contributed by atoms with van der Waals surface area (Å²) in [5.74, 6) is 0. The molecule has 1 aromatic carbocycles. The van der Waals surface area contributed by atoms with Crippen LogP contribution < -0.4 is 5.32 Å². The van der Waals surface area contributed by atoms with Crippen LogP contribution in [0.4, 0.5) is 4.79 Å². The van der Waals surface area contributed by atoms with Crippen LogP contribution in [0.3, 0.4) is 0 Å². The zero-order valence-corrected chi connectivity index (χ0v) is 9.08. The lowest BCUT2D eigenvalue weighted by Crippen LogP contribution is -2.35. The number of benzene rings is 1. The Bertz CT molecular complexity index is 428. The predicted octanol–water partition coefficient (Wildman–Crippen LogP) is 2.38. The van der Waals surface area contributed by atoms with Crippen molar-refractivity contribution in [1.82, 2.24) is 10.2 Å². The van der Waals surface area contributed by atoms with Crippen LogP contribution in [0, 0.1) is 0 Å². The molecule has 2 rings (SSSR count). The first-order valence-electron chi connectivity index (χ1n) is 4.66. The quantitative estimate of drug-likeness (QED) is 0.718. The minimum absolute atomic E-state index is 0.150. The van der Waals surface area contributed by atoms with Crippen molar-refractivity contribution < 1.29 is 4.79 Å². The van der Waals surface area contributed by atoms with E-state index in [0.717, 1.165) is 11.1 Å². The molecule has 1 aromatic rings. The normalized spacial score (nSPS) is 14.3. The van der Waals surface area contributed by atoms with Gasteiger partial charge >= 0.3 is 6.03 Å². The van der Waals surface area contributed by atoms with Gasteiger partial charge in [0.2, 0.25) is 0 Å². The average molecular weight is 223 g/mol. The van der Waals surface area contributed by atoms with Gasteiger partial charge in [-0.25, -0.2) is 4.79 Å². The highest BCUT2D eigenvalue weighted by molar-refractivity contribution is 6.49. The molecule has 0 unspecified atom stereocenters. The highest BCUT2D eigenvalue weighted by Gasteiger charge is 2.19. The number of urea groups is 1. The van der Waals surface area contributed by atoms with Crippen LogP contribution in [-0.4, -0.2) is 18.0 Å². The number of hydrogen-bond acceptors (Lipinski definition) is 1. The Hall–Kier alpha value is -1.48. The zero-order valence-electron chi connectivity index (χ0n) is 8.33. The Kier molecular flexibility index (Phi) is 2.64. The first-order chi connectivity index (χ1) is 7.22. The number of carbonyl (C=O) groups excluding carboxylic acids is 1. The molecule has 0 aromatic heterocycles. The molecule has 0 bridgehead atoms. The Balaban J connectivity index is 2.36. The van der Waals surface area contributed by atoms with Crippen molar-refractivity contribution in [3.05, 3.63) is 41.6 Å². The van der Waals surface area contributed by atoms with E-state index >= 15 is 0 Å². The van der Waals surface area contributed by atoms with E-state index < -0.39 is 0 Å². The van der Waals surface area contributed by atoms with E-state index in [4.69, 9.17) is 11.6 Å². The second kappa shape index (κ2) is 3.95. The van der Waals surface area contributed by atoms with Crippen LogP contribution in [0.2, 0.25) is 0 Å². The lowest BCUT2D eigenvalue weighted by Gasteiger charge is -2.24. The maximum Gasteiger partial charge on any atom is 0.321 e. The Labute approximate surface area is 93.3 Å². The molecule has 0 fully saturated rings. The van der Waals surface area contributed by atoms with Gasteiger partial charge in [0.15, 0.2) is 0 Å². The van der Waals surface area contributed by atoms with E-state index in [0.29, 0.717) is 11.6 Å². The van der Waals surface area contributed by atoms with Gasteiger partial charge < -0.3 is 5.32 Å². The topological polar surface area (TPSA) is 32.3 Å². The second-order valence-corrected chi connectivity index (χ2v) is 3.72. The largest absolute Gasteiger partial charge is 0.341 e. The Morgan fingerprint density at radius 3 is 2.93 bits per heavy atom. The van der Waals surface area contributed by atoms with Gasteiger partial charge in [-0.15, -0.1) is 0 Å². The number of nitrogens with zero attached hydrogens (tertiary/aromatic N) is 1. The summed E-state index contributed by atoms with van der Waals surface area (Å²) in [5.41, 5.74) is 2.06. The third kappa shape index (κ3) is 1.83. The molecular formula is C11H11ClN2O. The summed E-state index contributed by atoms with van der Waals surface area (Å²) in [5, 5.41) is 3.17. The van der Waals surface area contributed by atoms with Gasteiger partial charge in [-0.2, -0.15) is 0 Å². The van der Waals surface area contributed by atoms with Crippen molar-refractivity contribution in [2.24, 2.45) is 0 Å². The standard InChI is InChI=1S/C11H11ClN2O/c1-13-11(15)14-6-8-4-2-3-5-9(8)10(12)7-14/h2-5,7H,6H2,1H3,(H,13,15). The number of halogens is 1. The van der Waals surface area contributed by atoms with Crippen molar-refractivity contribution in [2.45, 2.75) is 6.54 Å². The van der Waals surface area contributed by atoms with Crippen LogP contribution in [0.25, 0.3) is 5.03 Å². The lowest BCUT2D eigenvalue weighted by atomic mass is 10.0. The number of fused-ring (bicyclic) bond motifs is 1. The van der Waals surface area contributed by atoms with Gasteiger partial charge in [-0.1, -0.05) is 35.9 Å². The van der Waals surface area contributed by atoms with E-state index in [2.05, 4.69) is 5.32 Å². The average Bonchev–Trinajstić information content (AvgIpc) is 2.28. The van der Waals surface area contributed by atoms with Crippen molar-refractivity contribution in [2.75, 3.05) is 7.05 Å². The van der Waals surface area contributed by atoms with Crippen LogP contribution in [-0.2, 0) is 6.54 Å². The monoisotopic (exact) mass is 222 g/mol. The third-order valence-electron chi connectivity index (χ3n) is 2.36. The number of hydrogen-bond donors (Lipinski definition) is 1. The highest BCUT2D eigenvalue weighted by Crippen LogP contribution is 2.28. The molecule has 1 N–H and O–H groups in total. The van der Waals surface area contributed by atoms with Gasteiger partial charge in [-0.3, -0.25) is 4.90 Å². The van der Waals surface area contributed by atoms with Crippen molar-refractivity contribution >= 4 is 22.7 Å². The Morgan fingerprint density at radius 1 is 1.47 bits per heavy atom. The van der Waals surface area contributed by atoms with Gasteiger partial charge in [0.1, 0.15) is 0 Å². The molecule has 2 amide bonds. The summed E-state index contributed by atoms with van der Waals surface area (Å²) in [6, 6.07) is 7.65. The molecule has 1 aliphatic rings. The number of rotatable bonds is 0. The first kappa shape index (κ1) is 10.1. The molecule has 0 radical (unpaired) electrons. The Morgan fingerprint density at radius 2 is 2.20 bits per heavy atom. The number of carbonyl (C=O) groups is 1. The lowest BCUT2D eigenvalue weighted by molar-refractivity contribution is 0.215. The summed E-state index contributed by atoms with van der Waals surface area (Å²) < 4.78 is 0. The van der Waals surface area contributed by atoms with Crippen LogP contribution in [0.15, 0.2) is 30.5 Å². The summed E-state index contributed by atoms with van der Waals surface area (Å²) in [6.45, 7) is 0.562. The SMILES string of the molecule is CNC(=O)N1C=C(Cl)c2ccccc2C1. The molecule has 1 aliphatic heterocycles. The third-order valence-corrected chi connectivity index (χ3v) is 2.66. The fourth-order valence-electron chi connectivity index (χ4n) is 1.60. The molecule has 1 heterocycles. The fraction of sp³-hybridized carbons (Fsp3) is 0.182. The van der Waals surface area contributed by atoms with Crippen molar-refractivity contribution in [3.63, 3.8) is 0 Å². The number of amides is 2. The van der Waals surface area contributed by atoms with Gasteiger partial charge in [-0.05, 0) is 11.1 Å². The summed E-state index contributed by atoms with van der Waals surface area (Å²) in [6.07, 6.45) is 1.66. The minimum Gasteiger partial charge on any atom is -0.341 e.